The molecule has 0 radical (unpaired) electrons. The van der Waals surface area contributed by atoms with Crippen LogP contribution in [-0.4, -0.2) is 0 Å². The largest absolute Gasteiger partial charge is 0.207 e. The van der Waals surface area contributed by atoms with Crippen molar-refractivity contribution in [3.63, 3.8) is 0 Å². The molecule has 0 heterocycles. The third kappa shape index (κ3) is 3.63. The lowest BCUT2D eigenvalue weighted by Crippen LogP contribution is -2.24. The summed E-state index contributed by atoms with van der Waals surface area (Å²) in [6.07, 6.45) is 0.686. The second kappa shape index (κ2) is 8.50. The molecule has 0 spiro atoms. The Hall–Kier alpha value is -2.76. The van der Waals surface area contributed by atoms with E-state index in [4.69, 9.17) is 0 Å². The summed E-state index contributed by atoms with van der Waals surface area (Å²) in [7, 11) is 0.460. The molecule has 0 aliphatic heterocycles. The SMILES string of the molecule is Fc1ccccc1CPC(c1ccccc1)(c1ccccc1)c1ccccc1. The van der Waals surface area contributed by atoms with Crippen molar-refractivity contribution in [1.82, 2.24) is 0 Å². The van der Waals surface area contributed by atoms with Gasteiger partial charge in [-0.2, -0.15) is 0 Å². The molecule has 4 rings (SSSR count). The van der Waals surface area contributed by atoms with Gasteiger partial charge >= 0.3 is 0 Å². The molecule has 0 N–H and O–H groups in total. The Morgan fingerprint density at radius 2 is 0.929 bits per heavy atom. The van der Waals surface area contributed by atoms with E-state index in [1.54, 1.807) is 12.1 Å². The normalized spacial score (nSPS) is 11.8. The quantitative estimate of drug-likeness (QED) is 0.248. The second-order valence-corrected chi connectivity index (χ2v) is 8.25. The van der Waals surface area contributed by atoms with E-state index in [1.807, 2.05) is 30.3 Å². The molecule has 0 aromatic heterocycles. The summed E-state index contributed by atoms with van der Waals surface area (Å²) in [6.45, 7) is 0. The highest BCUT2D eigenvalue weighted by molar-refractivity contribution is 7.39. The fourth-order valence-electron chi connectivity index (χ4n) is 3.74. The minimum absolute atomic E-state index is 0.127. The average molecular weight is 384 g/mol. The molecule has 0 saturated heterocycles. The van der Waals surface area contributed by atoms with E-state index in [2.05, 4.69) is 72.8 Å². The Labute approximate surface area is 167 Å². The van der Waals surface area contributed by atoms with Crippen LogP contribution in [0, 0.1) is 5.82 Å². The molecule has 1 atom stereocenters. The minimum Gasteiger partial charge on any atom is -0.207 e. The summed E-state index contributed by atoms with van der Waals surface area (Å²) in [4.78, 5) is 0. The van der Waals surface area contributed by atoms with Gasteiger partial charge in [0.05, 0.1) is 5.16 Å². The van der Waals surface area contributed by atoms with E-state index in [0.717, 1.165) is 5.56 Å². The van der Waals surface area contributed by atoms with Crippen LogP contribution in [0.4, 0.5) is 4.39 Å². The van der Waals surface area contributed by atoms with Gasteiger partial charge in [0.25, 0.3) is 0 Å². The topological polar surface area (TPSA) is 0 Å². The van der Waals surface area contributed by atoms with Crippen molar-refractivity contribution in [2.75, 3.05) is 0 Å². The monoisotopic (exact) mass is 384 g/mol. The molecule has 0 amide bonds. The summed E-state index contributed by atoms with van der Waals surface area (Å²) < 4.78 is 14.4. The lowest BCUT2D eigenvalue weighted by molar-refractivity contribution is 0.617. The fourth-order valence-corrected chi connectivity index (χ4v) is 5.59. The Bertz CT molecular complexity index is 917. The molecule has 0 saturated carbocycles. The zero-order chi connectivity index (χ0) is 19.2. The summed E-state index contributed by atoms with van der Waals surface area (Å²) in [5.74, 6) is -0.127. The molecule has 4 aromatic rings. The van der Waals surface area contributed by atoms with Gasteiger partial charge in [-0.15, -0.1) is 0 Å². The van der Waals surface area contributed by atoms with Crippen LogP contribution in [0.2, 0.25) is 0 Å². The summed E-state index contributed by atoms with van der Waals surface area (Å²) in [5.41, 5.74) is 4.49. The summed E-state index contributed by atoms with van der Waals surface area (Å²) in [5, 5.41) is -0.313. The molecule has 0 fully saturated rings. The first-order chi connectivity index (χ1) is 13.8. The van der Waals surface area contributed by atoms with Crippen LogP contribution in [-0.2, 0) is 11.3 Å². The van der Waals surface area contributed by atoms with Crippen LogP contribution in [0.25, 0.3) is 0 Å². The van der Waals surface area contributed by atoms with Crippen LogP contribution in [0.3, 0.4) is 0 Å². The molecule has 2 heteroatoms. The Morgan fingerprint density at radius 3 is 1.36 bits per heavy atom. The van der Waals surface area contributed by atoms with Crippen LogP contribution in [0.1, 0.15) is 22.3 Å². The smallest absolute Gasteiger partial charge is 0.126 e. The Balaban J connectivity index is 1.89. The van der Waals surface area contributed by atoms with Gasteiger partial charge in [0.1, 0.15) is 5.82 Å². The first kappa shape index (κ1) is 18.6. The van der Waals surface area contributed by atoms with E-state index in [0.29, 0.717) is 14.7 Å². The third-order valence-electron chi connectivity index (χ3n) is 5.12. The maximum atomic E-state index is 14.4. The van der Waals surface area contributed by atoms with Crippen LogP contribution >= 0.6 is 8.58 Å². The maximum Gasteiger partial charge on any atom is 0.126 e. The first-order valence-electron chi connectivity index (χ1n) is 9.46. The molecule has 0 bridgehead atoms. The lowest BCUT2D eigenvalue weighted by atomic mass is 9.84. The third-order valence-corrected chi connectivity index (χ3v) is 7.08. The highest BCUT2D eigenvalue weighted by atomic mass is 31.1. The number of rotatable bonds is 6. The molecule has 0 nitrogen and oxygen atoms in total. The average Bonchev–Trinajstić information content (AvgIpc) is 2.78. The van der Waals surface area contributed by atoms with Gasteiger partial charge in [-0.25, -0.2) is 4.39 Å². The second-order valence-electron chi connectivity index (χ2n) is 6.79. The standard InChI is InChI=1S/C26H22FP/c27-25-19-11-10-12-21(25)20-28-26(22-13-4-1-5-14-22,23-15-6-2-7-16-23)24-17-8-3-9-18-24/h1-19,28H,20H2. The van der Waals surface area contributed by atoms with Crippen molar-refractivity contribution in [2.24, 2.45) is 0 Å². The Kier molecular flexibility index (Phi) is 5.65. The minimum atomic E-state index is -0.313. The van der Waals surface area contributed by atoms with Crippen LogP contribution in [0.15, 0.2) is 115 Å². The lowest BCUT2D eigenvalue weighted by Gasteiger charge is -2.36. The van der Waals surface area contributed by atoms with E-state index in [1.165, 1.54) is 16.7 Å². The van der Waals surface area contributed by atoms with Gasteiger partial charge in [-0.3, -0.25) is 0 Å². The van der Waals surface area contributed by atoms with Crippen LogP contribution in [0.5, 0.6) is 0 Å². The first-order valence-corrected chi connectivity index (χ1v) is 10.7. The molecule has 0 aliphatic rings. The van der Waals surface area contributed by atoms with Gasteiger partial charge < -0.3 is 0 Å². The van der Waals surface area contributed by atoms with Crippen molar-refractivity contribution in [1.29, 1.82) is 0 Å². The number of hydrogen-bond donors (Lipinski definition) is 0. The van der Waals surface area contributed by atoms with Gasteiger partial charge in [-0.1, -0.05) is 118 Å². The van der Waals surface area contributed by atoms with E-state index in [9.17, 15) is 4.39 Å². The molecular formula is C26H22FP. The molecule has 138 valence electrons. The highest BCUT2D eigenvalue weighted by Gasteiger charge is 2.36. The van der Waals surface area contributed by atoms with Crippen molar-refractivity contribution in [3.05, 3.63) is 143 Å². The Morgan fingerprint density at radius 1 is 0.536 bits per heavy atom. The van der Waals surface area contributed by atoms with E-state index in [-0.39, 0.29) is 11.0 Å². The van der Waals surface area contributed by atoms with E-state index < -0.39 is 0 Å². The fraction of sp³-hybridized carbons (Fsp3) is 0.0769. The van der Waals surface area contributed by atoms with Crippen molar-refractivity contribution >= 4 is 8.58 Å². The van der Waals surface area contributed by atoms with Crippen molar-refractivity contribution in [2.45, 2.75) is 11.3 Å². The number of benzene rings is 4. The van der Waals surface area contributed by atoms with Crippen molar-refractivity contribution in [3.8, 4) is 0 Å². The number of hydrogen-bond acceptors (Lipinski definition) is 0. The van der Waals surface area contributed by atoms with Crippen molar-refractivity contribution < 1.29 is 4.39 Å². The zero-order valence-electron chi connectivity index (χ0n) is 15.6. The predicted octanol–water partition coefficient (Wildman–Crippen LogP) is 7.00. The van der Waals surface area contributed by atoms with Gasteiger partial charge in [0.15, 0.2) is 0 Å². The van der Waals surface area contributed by atoms with E-state index >= 15 is 0 Å². The maximum absolute atomic E-state index is 14.4. The molecule has 1 unspecified atom stereocenters. The van der Waals surface area contributed by atoms with Gasteiger partial charge in [0.2, 0.25) is 0 Å². The van der Waals surface area contributed by atoms with Crippen LogP contribution < -0.4 is 0 Å². The molecule has 4 aromatic carbocycles. The molecule has 28 heavy (non-hydrogen) atoms. The summed E-state index contributed by atoms with van der Waals surface area (Å²) >= 11 is 0. The van der Waals surface area contributed by atoms with Gasteiger partial charge in [0, 0.05) is 0 Å². The predicted molar refractivity (Wildman–Crippen MR) is 118 cm³/mol. The highest BCUT2D eigenvalue weighted by Crippen LogP contribution is 2.53. The molecular weight excluding hydrogens is 362 g/mol. The van der Waals surface area contributed by atoms with Gasteiger partial charge in [-0.05, 0) is 34.5 Å². The molecule has 0 aliphatic carbocycles. The zero-order valence-corrected chi connectivity index (χ0v) is 16.6. The number of halogens is 1. The summed E-state index contributed by atoms with van der Waals surface area (Å²) in [6, 6.07) is 38.9.